The van der Waals surface area contributed by atoms with E-state index in [-0.39, 0.29) is 29.7 Å². The van der Waals surface area contributed by atoms with Gasteiger partial charge in [0.2, 0.25) is 17.3 Å². The summed E-state index contributed by atoms with van der Waals surface area (Å²) in [5, 5.41) is 0.622. The summed E-state index contributed by atoms with van der Waals surface area (Å²) in [6.45, 7) is -0.290. The molecule has 4 aromatic rings. The molecule has 4 rings (SSSR count). The van der Waals surface area contributed by atoms with Gasteiger partial charge in [-0.1, -0.05) is 42.5 Å². The molecule has 31 heavy (non-hydrogen) atoms. The fraction of sp³-hybridized carbons (Fsp3) is 0.120. The topological polar surface area (TPSA) is 75.0 Å². The van der Waals surface area contributed by atoms with Gasteiger partial charge in [-0.05, 0) is 24.3 Å². The molecule has 1 heterocycles. The van der Waals surface area contributed by atoms with Crippen molar-refractivity contribution in [1.82, 2.24) is 0 Å². The van der Waals surface area contributed by atoms with Gasteiger partial charge < -0.3 is 18.6 Å². The van der Waals surface area contributed by atoms with Gasteiger partial charge in [0, 0.05) is 11.6 Å². The Morgan fingerprint density at radius 1 is 0.871 bits per heavy atom. The Kier molecular flexibility index (Phi) is 5.71. The largest absolute Gasteiger partial charge is 0.497 e. The number of carbonyl (C=O) groups excluding carboxylic acids is 2. The minimum absolute atomic E-state index is 0.0573. The van der Waals surface area contributed by atoms with Crippen molar-refractivity contribution in [3.05, 3.63) is 89.7 Å². The molecule has 0 aliphatic heterocycles. The van der Waals surface area contributed by atoms with E-state index in [0.29, 0.717) is 33.6 Å². The molecule has 0 amide bonds. The van der Waals surface area contributed by atoms with Crippen molar-refractivity contribution in [2.45, 2.75) is 0 Å². The normalized spacial score (nSPS) is 10.6. The Bertz CT molecular complexity index is 1240. The molecule has 0 saturated carbocycles. The van der Waals surface area contributed by atoms with E-state index in [1.54, 1.807) is 60.7 Å². The molecule has 0 fully saturated rings. The second kappa shape index (κ2) is 8.75. The van der Waals surface area contributed by atoms with Gasteiger partial charge in [-0.15, -0.1) is 0 Å². The summed E-state index contributed by atoms with van der Waals surface area (Å²) in [4.78, 5) is 25.9. The molecule has 6 heteroatoms. The zero-order chi connectivity index (χ0) is 21.8. The second-order valence-electron chi connectivity index (χ2n) is 6.73. The summed E-state index contributed by atoms with van der Waals surface area (Å²) in [6, 6.07) is 20.9. The third kappa shape index (κ3) is 4.00. The van der Waals surface area contributed by atoms with E-state index >= 15 is 0 Å². The van der Waals surface area contributed by atoms with Crippen LogP contribution in [0.4, 0.5) is 0 Å². The number of hydrogen-bond donors (Lipinski definition) is 0. The molecule has 3 aromatic carbocycles. The maximum atomic E-state index is 13.0. The van der Waals surface area contributed by atoms with Crippen LogP contribution in [-0.2, 0) is 0 Å². The molecule has 0 unspecified atom stereocenters. The van der Waals surface area contributed by atoms with Crippen LogP contribution in [0.3, 0.4) is 0 Å². The number of fused-ring (bicyclic) bond motifs is 1. The smallest absolute Gasteiger partial charge is 0.232 e. The van der Waals surface area contributed by atoms with Crippen LogP contribution in [0, 0.1) is 0 Å². The summed E-state index contributed by atoms with van der Waals surface area (Å²) in [7, 11) is 3.02. The van der Waals surface area contributed by atoms with Gasteiger partial charge in [0.05, 0.1) is 25.2 Å². The molecule has 0 spiro atoms. The SMILES string of the molecule is COc1ccc(C(=O)COc2c(C(=O)c3ccccc3)oc3ccccc23)c(OC)c1. The molecule has 0 radical (unpaired) electrons. The third-order valence-electron chi connectivity index (χ3n) is 4.85. The van der Waals surface area contributed by atoms with Crippen molar-refractivity contribution >= 4 is 22.5 Å². The number of Topliss-reactive ketones (excluding diaryl/α,β-unsaturated/α-hetero) is 1. The van der Waals surface area contributed by atoms with Crippen LogP contribution in [-0.4, -0.2) is 32.4 Å². The van der Waals surface area contributed by atoms with E-state index in [1.807, 2.05) is 12.1 Å². The average molecular weight is 416 g/mol. The summed E-state index contributed by atoms with van der Waals surface area (Å²) < 4.78 is 22.1. The highest BCUT2D eigenvalue weighted by Crippen LogP contribution is 2.35. The predicted molar refractivity (Wildman–Crippen MR) is 115 cm³/mol. The maximum absolute atomic E-state index is 13.0. The highest BCUT2D eigenvalue weighted by Gasteiger charge is 2.24. The van der Waals surface area contributed by atoms with E-state index in [2.05, 4.69) is 0 Å². The zero-order valence-corrected chi connectivity index (χ0v) is 17.1. The maximum Gasteiger partial charge on any atom is 0.232 e. The lowest BCUT2D eigenvalue weighted by Gasteiger charge is -2.10. The lowest BCUT2D eigenvalue weighted by Crippen LogP contribution is -2.14. The first-order valence-corrected chi connectivity index (χ1v) is 9.61. The first-order valence-electron chi connectivity index (χ1n) is 9.61. The Morgan fingerprint density at radius 3 is 2.35 bits per heavy atom. The first-order chi connectivity index (χ1) is 15.1. The number of methoxy groups -OCH3 is 2. The fourth-order valence-electron chi connectivity index (χ4n) is 3.28. The van der Waals surface area contributed by atoms with E-state index in [0.717, 1.165) is 0 Å². The molecule has 0 aliphatic carbocycles. The molecule has 0 saturated heterocycles. The van der Waals surface area contributed by atoms with Crippen LogP contribution >= 0.6 is 0 Å². The van der Waals surface area contributed by atoms with Crippen LogP contribution in [0.1, 0.15) is 26.5 Å². The number of benzene rings is 3. The van der Waals surface area contributed by atoms with Crippen molar-refractivity contribution in [1.29, 1.82) is 0 Å². The molecular formula is C25H20O6. The van der Waals surface area contributed by atoms with Crippen LogP contribution in [0.5, 0.6) is 17.2 Å². The summed E-state index contributed by atoms with van der Waals surface area (Å²) >= 11 is 0. The van der Waals surface area contributed by atoms with Gasteiger partial charge in [-0.3, -0.25) is 9.59 Å². The molecular weight excluding hydrogens is 396 g/mol. The van der Waals surface area contributed by atoms with Crippen molar-refractivity contribution in [3.8, 4) is 17.2 Å². The Morgan fingerprint density at radius 2 is 1.61 bits per heavy atom. The van der Waals surface area contributed by atoms with Crippen LogP contribution in [0.25, 0.3) is 11.0 Å². The number of ether oxygens (including phenoxy) is 3. The summed E-state index contributed by atoms with van der Waals surface area (Å²) in [5.74, 6) is 0.632. The zero-order valence-electron chi connectivity index (χ0n) is 17.1. The highest BCUT2D eigenvalue weighted by molar-refractivity contribution is 6.12. The Hall–Kier alpha value is -4.06. The molecule has 0 N–H and O–H groups in total. The van der Waals surface area contributed by atoms with Crippen molar-refractivity contribution in [2.24, 2.45) is 0 Å². The summed E-state index contributed by atoms with van der Waals surface area (Å²) in [6.07, 6.45) is 0. The molecule has 6 nitrogen and oxygen atoms in total. The van der Waals surface area contributed by atoms with Crippen molar-refractivity contribution in [2.75, 3.05) is 20.8 Å². The summed E-state index contributed by atoms with van der Waals surface area (Å²) in [5.41, 5.74) is 1.33. The number of carbonyl (C=O) groups is 2. The molecule has 0 bridgehead atoms. The van der Waals surface area contributed by atoms with Crippen LogP contribution in [0.2, 0.25) is 0 Å². The van der Waals surface area contributed by atoms with Gasteiger partial charge in [-0.25, -0.2) is 0 Å². The number of ketones is 2. The second-order valence-corrected chi connectivity index (χ2v) is 6.73. The minimum Gasteiger partial charge on any atom is -0.497 e. The van der Waals surface area contributed by atoms with Gasteiger partial charge >= 0.3 is 0 Å². The van der Waals surface area contributed by atoms with Crippen molar-refractivity contribution in [3.63, 3.8) is 0 Å². The van der Waals surface area contributed by atoms with Gasteiger partial charge in [0.15, 0.2) is 12.4 Å². The number of para-hydroxylation sites is 1. The van der Waals surface area contributed by atoms with Crippen LogP contribution in [0.15, 0.2) is 77.2 Å². The fourth-order valence-corrected chi connectivity index (χ4v) is 3.28. The average Bonchev–Trinajstić information content (AvgIpc) is 3.20. The molecule has 0 aliphatic rings. The highest BCUT2D eigenvalue weighted by atomic mass is 16.5. The van der Waals surface area contributed by atoms with E-state index in [1.165, 1.54) is 14.2 Å². The van der Waals surface area contributed by atoms with Crippen LogP contribution < -0.4 is 14.2 Å². The number of furan rings is 1. The quantitative estimate of drug-likeness (QED) is 0.379. The van der Waals surface area contributed by atoms with E-state index < -0.39 is 0 Å². The number of hydrogen-bond acceptors (Lipinski definition) is 6. The van der Waals surface area contributed by atoms with Gasteiger partial charge in [0.1, 0.15) is 17.1 Å². The monoisotopic (exact) mass is 416 g/mol. The van der Waals surface area contributed by atoms with Gasteiger partial charge in [-0.2, -0.15) is 0 Å². The standard InChI is InChI=1S/C25H20O6/c1-28-17-12-13-18(22(14-17)29-2)20(26)15-30-24-19-10-6-7-11-21(19)31-25(24)23(27)16-8-4-3-5-9-16/h3-14H,15H2,1-2H3. The predicted octanol–water partition coefficient (Wildman–Crippen LogP) is 4.94. The lowest BCUT2D eigenvalue weighted by molar-refractivity contribution is 0.0909. The van der Waals surface area contributed by atoms with Crippen molar-refractivity contribution < 1.29 is 28.2 Å². The Balaban J connectivity index is 1.66. The van der Waals surface area contributed by atoms with Gasteiger partial charge in [0.25, 0.3) is 0 Å². The first kappa shape index (κ1) is 20.2. The molecule has 1 aromatic heterocycles. The van der Waals surface area contributed by atoms with E-state index in [9.17, 15) is 9.59 Å². The lowest BCUT2D eigenvalue weighted by atomic mass is 10.1. The van der Waals surface area contributed by atoms with E-state index in [4.69, 9.17) is 18.6 Å². The minimum atomic E-state index is -0.318. The molecule has 156 valence electrons. The molecule has 0 atom stereocenters. The third-order valence-corrected chi connectivity index (χ3v) is 4.85. The number of rotatable bonds is 8. The Labute approximate surface area is 179 Å².